The Labute approximate surface area is 120 Å². The minimum Gasteiger partial charge on any atom is -0.275 e. The maximum atomic E-state index is 13.2. The van der Waals surface area contributed by atoms with Crippen molar-refractivity contribution >= 4 is 0 Å². The van der Waals surface area contributed by atoms with Gasteiger partial charge in [-0.2, -0.15) is 5.10 Å². The summed E-state index contributed by atoms with van der Waals surface area (Å²) >= 11 is 0. The van der Waals surface area contributed by atoms with Gasteiger partial charge in [-0.15, -0.1) is 0 Å². The van der Waals surface area contributed by atoms with E-state index in [-0.39, 0.29) is 5.82 Å². The van der Waals surface area contributed by atoms with Crippen molar-refractivity contribution in [1.29, 1.82) is 0 Å². The minimum absolute atomic E-state index is 0.287. The molecule has 3 nitrogen and oxygen atoms in total. The summed E-state index contributed by atoms with van der Waals surface area (Å²) in [7, 11) is 1.81. The predicted octanol–water partition coefficient (Wildman–Crippen LogP) is 3.71. The van der Waals surface area contributed by atoms with Gasteiger partial charge in [-0.1, -0.05) is 33.6 Å². The molecule has 2 aromatic heterocycles. The molecule has 0 atom stereocenters. The van der Waals surface area contributed by atoms with E-state index in [1.165, 1.54) is 12.3 Å². The van der Waals surface area contributed by atoms with Crippen LogP contribution in [0.4, 0.5) is 4.39 Å². The van der Waals surface area contributed by atoms with Crippen molar-refractivity contribution < 1.29 is 4.39 Å². The molecule has 0 saturated carbocycles. The molecule has 0 aromatic carbocycles. The van der Waals surface area contributed by atoms with E-state index in [2.05, 4.69) is 21.9 Å². The lowest BCUT2D eigenvalue weighted by Gasteiger charge is -1.94. The Balaban J connectivity index is 0.000000829. The number of hydrogen-bond acceptors (Lipinski definition) is 2. The molecule has 0 amide bonds. The lowest BCUT2D eigenvalue weighted by molar-refractivity contribution is 0.615. The van der Waals surface area contributed by atoms with Gasteiger partial charge in [0.2, 0.25) is 0 Å². The second kappa shape index (κ2) is 9.74. The zero-order valence-corrected chi connectivity index (χ0v) is 13.0. The molecule has 0 saturated heterocycles. The molecule has 2 rings (SSSR count). The van der Waals surface area contributed by atoms with Gasteiger partial charge in [0.05, 0.1) is 11.8 Å². The highest BCUT2D eigenvalue weighted by atomic mass is 19.1. The summed E-state index contributed by atoms with van der Waals surface area (Å²) in [5.74, 6) is 5.37. The van der Waals surface area contributed by atoms with Gasteiger partial charge >= 0.3 is 0 Å². The van der Waals surface area contributed by atoms with Gasteiger partial charge < -0.3 is 0 Å². The predicted molar refractivity (Wildman–Crippen MR) is 80.8 cm³/mol. The van der Waals surface area contributed by atoms with Gasteiger partial charge in [0.25, 0.3) is 0 Å². The molecule has 0 aliphatic heterocycles. The van der Waals surface area contributed by atoms with Gasteiger partial charge in [-0.25, -0.2) is 9.37 Å². The third-order valence-corrected chi connectivity index (χ3v) is 2.08. The third-order valence-electron chi connectivity index (χ3n) is 2.08. The van der Waals surface area contributed by atoms with E-state index in [1.54, 1.807) is 24.0 Å². The standard InChI is InChI=1S/C12H10FN3.2C2H6/c1-9-6-14-11(5-12(9)13)4-3-10-7-15-16(2)8-10;2*1-2/h5-8H,1-2H3;2*1-2H3. The first-order chi connectivity index (χ1) is 9.65. The van der Waals surface area contributed by atoms with Gasteiger partial charge in [-0.05, 0) is 12.8 Å². The molecule has 4 heteroatoms. The largest absolute Gasteiger partial charge is 0.275 e. The van der Waals surface area contributed by atoms with Crippen molar-refractivity contribution in [3.05, 3.63) is 47.3 Å². The zero-order valence-electron chi connectivity index (χ0n) is 13.0. The normalized spacial score (nSPS) is 8.35. The molecule has 0 N–H and O–H groups in total. The highest BCUT2D eigenvalue weighted by Gasteiger charge is 1.98. The van der Waals surface area contributed by atoms with E-state index in [9.17, 15) is 4.39 Å². The summed E-state index contributed by atoms with van der Waals surface area (Å²) in [5.41, 5.74) is 1.73. The average Bonchev–Trinajstić information content (AvgIpc) is 2.90. The molecule has 0 bridgehead atoms. The summed E-state index contributed by atoms with van der Waals surface area (Å²) in [6, 6.07) is 1.33. The van der Waals surface area contributed by atoms with Crippen LogP contribution in [-0.4, -0.2) is 14.8 Å². The second-order valence-electron chi connectivity index (χ2n) is 3.47. The van der Waals surface area contributed by atoms with E-state index in [0.29, 0.717) is 11.3 Å². The average molecular weight is 275 g/mol. The van der Waals surface area contributed by atoms with Crippen molar-refractivity contribution in [2.24, 2.45) is 7.05 Å². The topological polar surface area (TPSA) is 30.7 Å². The van der Waals surface area contributed by atoms with Crippen LogP contribution in [0.1, 0.15) is 44.5 Å². The Bertz CT molecular complexity index is 577. The molecule has 108 valence electrons. The Hall–Kier alpha value is -2.15. The fourth-order valence-corrected chi connectivity index (χ4v) is 1.19. The number of aryl methyl sites for hydroxylation is 2. The fourth-order valence-electron chi connectivity index (χ4n) is 1.19. The minimum atomic E-state index is -0.287. The van der Waals surface area contributed by atoms with Crippen molar-refractivity contribution in [2.45, 2.75) is 34.6 Å². The molecule has 0 radical (unpaired) electrons. The molecule has 2 aromatic rings. The number of nitrogens with zero attached hydrogens (tertiary/aromatic N) is 3. The fraction of sp³-hybridized carbons (Fsp3) is 0.375. The van der Waals surface area contributed by atoms with Crippen LogP contribution in [0.15, 0.2) is 24.7 Å². The van der Waals surface area contributed by atoms with E-state index >= 15 is 0 Å². The van der Waals surface area contributed by atoms with Gasteiger partial charge in [0, 0.05) is 31.1 Å². The number of rotatable bonds is 0. The summed E-state index contributed by atoms with van der Waals surface area (Å²) in [5, 5.41) is 3.98. The first-order valence-electron chi connectivity index (χ1n) is 6.78. The third kappa shape index (κ3) is 5.66. The molecule has 0 unspecified atom stereocenters. The zero-order chi connectivity index (χ0) is 15.5. The lowest BCUT2D eigenvalue weighted by Crippen LogP contribution is -1.88. The molecule has 0 spiro atoms. The molecule has 0 aliphatic carbocycles. The van der Waals surface area contributed by atoms with Gasteiger partial charge in [-0.3, -0.25) is 4.68 Å². The Morgan fingerprint density at radius 2 is 1.75 bits per heavy atom. The summed E-state index contributed by atoms with van der Waals surface area (Å²) in [6.45, 7) is 9.67. The van der Waals surface area contributed by atoms with Crippen molar-refractivity contribution in [1.82, 2.24) is 14.8 Å². The van der Waals surface area contributed by atoms with Crippen LogP contribution < -0.4 is 0 Å². The Kier molecular flexibility index (Phi) is 8.69. The second-order valence-corrected chi connectivity index (χ2v) is 3.47. The maximum Gasteiger partial charge on any atom is 0.130 e. The van der Waals surface area contributed by atoms with Crippen LogP contribution in [0.3, 0.4) is 0 Å². The summed E-state index contributed by atoms with van der Waals surface area (Å²) in [4.78, 5) is 4.02. The van der Waals surface area contributed by atoms with Crippen LogP contribution in [0.25, 0.3) is 0 Å². The van der Waals surface area contributed by atoms with E-state index in [0.717, 1.165) is 5.56 Å². The lowest BCUT2D eigenvalue weighted by atomic mass is 10.2. The van der Waals surface area contributed by atoms with Crippen molar-refractivity contribution in [3.8, 4) is 11.8 Å². The smallest absolute Gasteiger partial charge is 0.130 e. The molecular weight excluding hydrogens is 253 g/mol. The van der Waals surface area contributed by atoms with Crippen LogP contribution in [0, 0.1) is 24.6 Å². The van der Waals surface area contributed by atoms with Crippen LogP contribution in [-0.2, 0) is 7.05 Å². The monoisotopic (exact) mass is 275 g/mol. The summed E-state index contributed by atoms with van der Waals surface area (Å²) in [6.07, 6.45) is 4.91. The number of hydrogen-bond donors (Lipinski definition) is 0. The SMILES string of the molecule is CC.CC.Cc1cnc(C#Cc2cnn(C)c2)cc1F. The Morgan fingerprint density at radius 1 is 1.10 bits per heavy atom. The van der Waals surface area contributed by atoms with Gasteiger partial charge in [0.1, 0.15) is 11.5 Å². The quantitative estimate of drug-likeness (QED) is 0.686. The number of halogens is 1. The molecule has 20 heavy (non-hydrogen) atoms. The highest BCUT2D eigenvalue weighted by molar-refractivity contribution is 5.38. The molecular formula is C16H22FN3. The number of aromatic nitrogens is 3. The van der Waals surface area contributed by atoms with E-state index in [1.807, 2.05) is 34.7 Å². The first kappa shape index (κ1) is 17.8. The molecule has 2 heterocycles. The van der Waals surface area contributed by atoms with Crippen molar-refractivity contribution in [3.63, 3.8) is 0 Å². The van der Waals surface area contributed by atoms with Gasteiger partial charge in [0.15, 0.2) is 0 Å². The Morgan fingerprint density at radius 3 is 2.25 bits per heavy atom. The van der Waals surface area contributed by atoms with E-state index < -0.39 is 0 Å². The van der Waals surface area contributed by atoms with Crippen molar-refractivity contribution in [2.75, 3.05) is 0 Å². The van der Waals surface area contributed by atoms with Crippen LogP contribution >= 0.6 is 0 Å². The number of pyridine rings is 1. The van der Waals surface area contributed by atoms with Crippen LogP contribution in [0.2, 0.25) is 0 Å². The maximum absolute atomic E-state index is 13.2. The van der Waals surface area contributed by atoms with Crippen LogP contribution in [0.5, 0.6) is 0 Å². The first-order valence-corrected chi connectivity index (χ1v) is 6.78. The highest BCUT2D eigenvalue weighted by Crippen LogP contribution is 2.05. The van der Waals surface area contributed by atoms with E-state index in [4.69, 9.17) is 0 Å². The molecule has 0 fully saturated rings. The summed E-state index contributed by atoms with van der Waals surface area (Å²) < 4.78 is 14.8. The molecule has 0 aliphatic rings.